The first-order valence-corrected chi connectivity index (χ1v) is 10.8. The van der Waals surface area contributed by atoms with Crippen LogP contribution < -0.4 is 10.6 Å². The van der Waals surface area contributed by atoms with E-state index in [9.17, 15) is 16.8 Å². The molecule has 0 radical (unpaired) electrons. The number of hydrogen-bond donors (Lipinski definition) is 2. The van der Waals surface area contributed by atoms with Crippen LogP contribution in [0.5, 0.6) is 0 Å². The number of hydrogen-bond acceptors (Lipinski definition) is 8. The maximum absolute atomic E-state index is 13.4. The second-order valence-electron chi connectivity index (χ2n) is 5.65. The largest absolute Gasteiger partial charge is 0.468 e. The van der Waals surface area contributed by atoms with Gasteiger partial charge in [-0.2, -0.15) is 4.99 Å². The summed E-state index contributed by atoms with van der Waals surface area (Å²) >= 11 is 0. The lowest BCUT2D eigenvalue weighted by Gasteiger charge is -2.30. The van der Waals surface area contributed by atoms with Crippen molar-refractivity contribution >= 4 is 32.0 Å². The summed E-state index contributed by atoms with van der Waals surface area (Å²) in [4.78, 5) is 13.3. The Hall–Kier alpha value is -2.48. The Bertz CT molecular complexity index is 1050. The molecule has 1 atom stereocenters. The monoisotopic (exact) mass is 431 g/mol. The van der Waals surface area contributed by atoms with Crippen molar-refractivity contribution in [2.75, 3.05) is 14.2 Å². The predicted octanol–water partition coefficient (Wildman–Crippen LogP) is 0.140. The lowest BCUT2D eigenvalue weighted by molar-refractivity contribution is 0.153. The maximum Gasteiger partial charge on any atom is 0.289 e. The van der Waals surface area contributed by atoms with Crippen LogP contribution in [0.3, 0.4) is 0 Å². The zero-order valence-electron chi connectivity index (χ0n) is 15.6. The van der Waals surface area contributed by atoms with Gasteiger partial charge in [-0.25, -0.2) is 26.1 Å². The molecule has 0 spiro atoms. The van der Waals surface area contributed by atoms with E-state index in [-0.39, 0.29) is 12.0 Å². The molecule has 0 amide bonds. The van der Waals surface area contributed by atoms with Crippen LogP contribution in [-0.2, 0) is 29.6 Å². The zero-order valence-corrected chi connectivity index (χ0v) is 17.3. The molecule has 0 saturated heterocycles. The number of amidine groups is 1. The van der Waals surface area contributed by atoms with Crippen LogP contribution in [0.15, 0.2) is 55.8 Å². The molecule has 2 rings (SSSR count). The minimum absolute atomic E-state index is 0.251. The highest BCUT2D eigenvalue weighted by Crippen LogP contribution is 2.28. The standard InChI is InChI=1S/C15H21N5O6S2/c1-10-9-11(2)20(15(17-10)18-14(16)25-3)28(23,24)13-8-6-5-7-12(13)27(21,22)19-26-4/h5-9,11,19H,1-4H3,(H2,16,17,18). The molecule has 1 aliphatic rings. The van der Waals surface area contributed by atoms with Crippen LogP contribution in [0.25, 0.3) is 0 Å². The number of aliphatic imine (C=N–C) groups is 2. The van der Waals surface area contributed by atoms with Gasteiger partial charge in [0.15, 0.2) is 0 Å². The number of benzene rings is 1. The average molecular weight is 431 g/mol. The number of nitrogens with two attached hydrogens (primary N) is 1. The highest BCUT2D eigenvalue weighted by atomic mass is 32.2. The molecular formula is C15H21N5O6S2. The molecule has 0 saturated carbocycles. The first-order chi connectivity index (χ1) is 13.0. The smallest absolute Gasteiger partial charge is 0.289 e. The van der Waals surface area contributed by atoms with Gasteiger partial charge in [-0.15, -0.1) is 0 Å². The van der Waals surface area contributed by atoms with E-state index in [0.717, 1.165) is 17.5 Å². The van der Waals surface area contributed by atoms with Gasteiger partial charge in [-0.05, 0) is 32.1 Å². The van der Waals surface area contributed by atoms with Gasteiger partial charge in [0.25, 0.3) is 26.1 Å². The zero-order chi connectivity index (χ0) is 21.1. The van der Waals surface area contributed by atoms with Crippen LogP contribution in [0.4, 0.5) is 0 Å². The molecule has 0 aromatic heterocycles. The summed E-state index contributed by atoms with van der Waals surface area (Å²) in [5, 5.41) is 0. The normalized spacial score (nSPS) is 18.5. The molecule has 154 valence electrons. The van der Waals surface area contributed by atoms with Gasteiger partial charge in [0.05, 0.1) is 20.3 Å². The Balaban J connectivity index is 2.69. The van der Waals surface area contributed by atoms with Gasteiger partial charge in [0, 0.05) is 5.70 Å². The second kappa shape index (κ2) is 8.26. The van der Waals surface area contributed by atoms with Gasteiger partial charge >= 0.3 is 0 Å². The lowest BCUT2D eigenvalue weighted by atomic mass is 10.2. The molecule has 1 aromatic rings. The lowest BCUT2D eigenvalue weighted by Crippen LogP contribution is -2.44. The highest BCUT2D eigenvalue weighted by Gasteiger charge is 2.37. The van der Waals surface area contributed by atoms with Crippen molar-refractivity contribution in [1.29, 1.82) is 0 Å². The Morgan fingerprint density at radius 3 is 2.39 bits per heavy atom. The number of methoxy groups -OCH3 is 1. The topological polar surface area (TPSA) is 153 Å². The van der Waals surface area contributed by atoms with Gasteiger partial charge in [-0.3, -0.25) is 4.84 Å². The van der Waals surface area contributed by atoms with Crippen molar-refractivity contribution in [3.63, 3.8) is 0 Å². The molecule has 11 nitrogen and oxygen atoms in total. The van der Waals surface area contributed by atoms with Crippen LogP contribution in [0.2, 0.25) is 0 Å². The van der Waals surface area contributed by atoms with E-state index in [1.807, 2.05) is 0 Å². The molecule has 0 fully saturated rings. The third kappa shape index (κ3) is 4.32. The van der Waals surface area contributed by atoms with E-state index in [0.29, 0.717) is 5.70 Å². The molecule has 1 aliphatic heterocycles. The SMILES string of the molecule is CONS(=O)(=O)c1ccccc1S(=O)(=O)N1C(N=C(N)OC)=NC(C)=CC1C. The number of nitrogens with one attached hydrogen (secondary N) is 1. The van der Waals surface area contributed by atoms with Gasteiger partial charge in [-0.1, -0.05) is 17.0 Å². The molecular weight excluding hydrogens is 410 g/mol. The van der Waals surface area contributed by atoms with E-state index in [1.165, 1.54) is 25.3 Å². The van der Waals surface area contributed by atoms with Crippen molar-refractivity contribution in [3.8, 4) is 0 Å². The summed E-state index contributed by atoms with van der Waals surface area (Å²) in [6.07, 6.45) is 1.59. The second-order valence-corrected chi connectivity index (χ2v) is 9.05. The van der Waals surface area contributed by atoms with E-state index >= 15 is 0 Å². The molecule has 1 unspecified atom stereocenters. The van der Waals surface area contributed by atoms with Gasteiger partial charge < -0.3 is 10.5 Å². The third-order valence-electron chi connectivity index (χ3n) is 3.61. The van der Waals surface area contributed by atoms with Crippen LogP contribution in [0, 0.1) is 0 Å². The predicted molar refractivity (Wildman–Crippen MR) is 102 cm³/mol. The summed E-state index contributed by atoms with van der Waals surface area (Å²) in [6.45, 7) is 3.26. The fourth-order valence-electron chi connectivity index (χ4n) is 2.53. The van der Waals surface area contributed by atoms with Crippen molar-refractivity contribution in [3.05, 3.63) is 36.0 Å². The van der Waals surface area contributed by atoms with E-state index in [1.54, 1.807) is 24.8 Å². The van der Waals surface area contributed by atoms with Gasteiger partial charge in [0.2, 0.25) is 5.96 Å². The summed E-state index contributed by atoms with van der Waals surface area (Å²) in [7, 11) is -6.29. The Morgan fingerprint density at radius 2 is 1.82 bits per heavy atom. The number of guanidine groups is 1. The summed E-state index contributed by atoms with van der Waals surface area (Å²) in [5.74, 6) is -0.251. The first-order valence-electron chi connectivity index (χ1n) is 7.88. The van der Waals surface area contributed by atoms with Crippen molar-refractivity contribution in [1.82, 2.24) is 9.19 Å². The number of rotatable bonds is 5. The Morgan fingerprint density at radius 1 is 1.21 bits per heavy atom. The van der Waals surface area contributed by atoms with Crippen LogP contribution >= 0.6 is 0 Å². The Kier molecular flexibility index (Phi) is 6.44. The number of allylic oxidation sites excluding steroid dienone is 1. The van der Waals surface area contributed by atoms with Crippen molar-refractivity contribution in [2.45, 2.75) is 29.7 Å². The molecule has 28 heavy (non-hydrogen) atoms. The molecule has 0 bridgehead atoms. The minimum atomic E-state index is -4.40. The van der Waals surface area contributed by atoms with Gasteiger partial charge in [0.1, 0.15) is 9.79 Å². The van der Waals surface area contributed by atoms with Crippen LogP contribution in [0.1, 0.15) is 13.8 Å². The van der Waals surface area contributed by atoms with E-state index in [4.69, 9.17) is 10.5 Å². The molecule has 13 heteroatoms. The molecule has 1 aromatic carbocycles. The quantitative estimate of drug-likeness (QED) is 0.382. The fraction of sp³-hybridized carbons (Fsp3) is 0.333. The molecule has 3 N–H and O–H groups in total. The average Bonchev–Trinajstić information content (AvgIpc) is 2.60. The number of nitrogens with zero attached hydrogens (tertiary/aromatic N) is 3. The number of ether oxygens (including phenoxy) is 1. The highest BCUT2D eigenvalue weighted by molar-refractivity contribution is 7.92. The Labute approximate surface area is 163 Å². The van der Waals surface area contributed by atoms with E-state index < -0.39 is 35.9 Å². The summed E-state index contributed by atoms with van der Waals surface area (Å²) in [5.41, 5.74) is 6.08. The van der Waals surface area contributed by atoms with Crippen LogP contribution in [-0.4, -0.2) is 53.4 Å². The molecule has 0 aliphatic carbocycles. The van der Waals surface area contributed by atoms with Crippen molar-refractivity contribution < 1.29 is 26.4 Å². The summed E-state index contributed by atoms with van der Waals surface area (Å²) < 4.78 is 57.2. The first kappa shape index (κ1) is 21.8. The molecule has 1 heterocycles. The van der Waals surface area contributed by atoms with E-state index in [2.05, 4.69) is 14.8 Å². The minimum Gasteiger partial charge on any atom is -0.468 e. The fourth-order valence-corrected chi connectivity index (χ4v) is 5.66. The third-order valence-corrected chi connectivity index (χ3v) is 6.99. The summed E-state index contributed by atoms with van der Waals surface area (Å²) in [6, 6.07) is 4.09. The number of sulfonamides is 2. The maximum atomic E-state index is 13.4. The van der Waals surface area contributed by atoms with Crippen molar-refractivity contribution in [2.24, 2.45) is 15.7 Å².